The number of carboxylic acid groups (broad SMARTS) is 1. The van der Waals surface area contributed by atoms with Crippen LogP contribution < -0.4 is 5.32 Å². The Labute approximate surface area is 159 Å². The normalized spacial score (nSPS) is 32.9. The molecule has 3 aliphatic rings. The van der Waals surface area contributed by atoms with E-state index in [2.05, 4.69) is 17.1 Å². The molecular formula is C21H26N2O4. The number of aliphatic carboxylic acids is 1. The van der Waals surface area contributed by atoms with Crippen LogP contribution in [0.25, 0.3) is 0 Å². The van der Waals surface area contributed by atoms with Crippen LogP contribution in [0.3, 0.4) is 0 Å². The number of carbonyl (C=O) groups is 2. The Morgan fingerprint density at radius 3 is 2.93 bits per heavy atom. The summed E-state index contributed by atoms with van der Waals surface area (Å²) in [4.78, 5) is 27.4. The van der Waals surface area contributed by atoms with Gasteiger partial charge in [-0.2, -0.15) is 0 Å². The number of hydrogen-bond donors (Lipinski definition) is 2. The number of fused-ring (bicyclic) bond motifs is 4. The van der Waals surface area contributed by atoms with Crippen molar-refractivity contribution in [3.05, 3.63) is 41.7 Å². The Bertz CT molecular complexity index is 805. The highest BCUT2D eigenvalue weighted by Crippen LogP contribution is 2.53. The van der Waals surface area contributed by atoms with E-state index >= 15 is 0 Å². The van der Waals surface area contributed by atoms with Gasteiger partial charge < -0.3 is 15.2 Å². The summed E-state index contributed by atoms with van der Waals surface area (Å²) >= 11 is 0. The van der Waals surface area contributed by atoms with Crippen LogP contribution in [0.5, 0.6) is 0 Å². The molecule has 0 aliphatic carbocycles. The number of anilines is 1. The molecule has 6 nitrogen and oxygen atoms in total. The molecule has 144 valence electrons. The van der Waals surface area contributed by atoms with Crippen LogP contribution in [0.15, 0.2) is 36.1 Å². The molecule has 27 heavy (non-hydrogen) atoms. The topological polar surface area (TPSA) is 78.9 Å². The molecule has 1 amide bonds. The molecule has 2 saturated heterocycles. The molecule has 3 aliphatic heterocycles. The van der Waals surface area contributed by atoms with Crippen LogP contribution in [-0.4, -0.2) is 48.1 Å². The van der Waals surface area contributed by atoms with E-state index in [4.69, 9.17) is 4.74 Å². The number of nitrogens with one attached hydrogen (secondary N) is 1. The van der Waals surface area contributed by atoms with Crippen molar-refractivity contribution in [3.8, 4) is 0 Å². The van der Waals surface area contributed by atoms with Gasteiger partial charge in [-0.15, -0.1) is 0 Å². The number of methoxy groups -OCH3 is 1. The summed E-state index contributed by atoms with van der Waals surface area (Å²) in [6.07, 6.45) is 3.70. The van der Waals surface area contributed by atoms with Gasteiger partial charge in [-0.3, -0.25) is 9.69 Å². The van der Waals surface area contributed by atoms with E-state index in [0.29, 0.717) is 12.0 Å². The van der Waals surface area contributed by atoms with Gasteiger partial charge in [0, 0.05) is 18.3 Å². The fourth-order valence-corrected chi connectivity index (χ4v) is 5.52. The molecule has 4 atom stereocenters. The third-order valence-corrected chi connectivity index (χ3v) is 6.79. The summed E-state index contributed by atoms with van der Waals surface area (Å²) < 4.78 is 5.08. The summed E-state index contributed by atoms with van der Waals surface area (Å²) in [6.45, 7) is 3.79. The lowest BCUT2D eigenvalue weighted by molar-refractivity contribution is -0.134. The Morgan fingerprint density at radius 2 is 2.22 bits per heavy atom. The number of carbonyl (C=O) groups excluding carboxylic acids is 1. The summed E-state index contributed by atoms with van der Waals surface area (Å²) in [7, 11) is 1.48. The minimum absolute atomic E-state index is 0.00792. The van der Waals surface area contributed by atoms with E-state index in [9.17, 15) is 14.7 Å². The van der Waals surface area contributed by atoms with E-state index in [1.165, 1.54) is 13.4 Å². The van der Waals surface area contributed by atoms with E-state index in [1.807, 2.05) is 24.3 Å². The molecule has 4 unspecified atom stereocenters. The maximum Gasteiger partial charge on any atom is 0.334 e. The van der Waals surface area contributed by atoms with E-state index in [1.54, 1.807) is 0 Å². The first-order chi connectivity index (χ1) is 13.0. The second kappa shape index (κ2) is 6.68. The third-order valence-electron chi connectivity index (χ3n) is 6.79. The van der Waals surface area contributed by atoms with Crippen molar-refractivity contribution in [1.82, 2.24) is 4.90 Å². The molecule has 4 rings (SSSR count). The van der Waals surface area contributed by atoms with Crippen LogP contribution >= 0.6 is 0 Å². The molecule has 3 heterocycles. The monoisotopic (exact) mass is 370 g/mol. The largest absolute Gasteiger partial charge is 0.504 e. The molecule has 0 bridgehead atoms. The molecule has 1 spiro atoms. The van der Waals surface area contributed by atoms with Crippen molar-refractivity contribution >= 4 is 17.6 Å². The fourth-order valence-electron chi connectivity index (χ4n) is 5.52. The quantitative estimate of drug-likeness (QED) is 0.629. The summed E-state index contributed by atoms with van der Waals surface area (Å²) in [5, 5.41) is 12.8. The number of ether oxygens (including phenoxy) is 1. The number of rotatable bonds is 4. The lowest BCUT2D eigenvalue weighted by Crippen LogP contribution is -2.53. The Balaban J connectivity index is 1.75. The minimum atomic E-state index is -0.933. The predicted octanol–water partition coefficient (Wildman–Crippen LogP) is 2.61. The van der Waals surface area contributed by atoms with Gasteiger partial charge in [0.1, 0.15) is 0 Å². The van der Waals surface area contributed by atoms with Crippen LogP contribution in [0.1, 0.15) is 31.7 Å². The van der Waals surface area contributed by atoms with Crippen molar-refractivity contribution in [1.29, 1.82) is 0 Å². The van der Waals surface area contributed by atoms with Gasteiger partial charge in [-0.05, 0) is 42.9 Å². The molecule has 1 aromatic carbocycles. The number of para-hydroxylation sites is 1. The smallest absolute Gasteiger partial charge is 0.334 e. The fraction of sp³-hybridized carbons (Fsp3) is 0.524. The Kier molecular flexibility index (Phi) is 4.46. The van der Waals surface area contributed by atoms with Gasteiger partial charge in [0.05, 0.1) is 24.4 Å². The zero-order chi connectivity index (χ0) is 19.2. The number of amides is 1. The molecule has 2 fully saturated rings. The average molecular weight is 370 g/mol. The van der Waals surface area contributed by atoms with Crippen LogP contribution in [0.4, 0.5) is 5.69 Å². The van der Waals surface area contributed by atoms with Crippen molar-refractivity contribution in [2.75, 3.05) is 25.5 Å². The van der Waals surface area contributed by atoms with Gasteiger partial charge in [0.2, 0.25) is 5.91 Å². The van der Waals surface area contributed by atoms with Gasteiger partial charge in [-0.25, -0.2) is 4.79 Å². The second-order valence-electron chi connectivity index (χ2n) is 7.86. The van der Waals surface area contributed by atoms with Crippen LogP contribution in [-0.2, 0) is 19.7 Å². The van der Waals surface area contributed by atoms with E-state index in [-0.39, 0.29) is 23.8 Å². The van der Waals surface area contributed by atoms with E-state index in [0.717, 1.165) is 37.2 Å². The molecule has 1 aromatic rings. The molecule has 6 heteroatoms. The Morgan fingerprint density at radius 1 is 1.44 bits per heavy atom. The summed E-state index contributed by atoms with van der Waals surface area (Å²) in [6, 6.07) is 7.92. The first-order valence-corrected chi connectivity index (χ1v) is 9.64. The summed E-state index contributed by atoms with van der Waals surface area (Å²) in [5.41, 5.74) is 1.69. The first kappa shape index (κ1) is 18.0. The number of piperidine rings is 1. The van der Waals surface area contributed by atoms with Crippen molar-refractivity contribution in [3.63, 3.8) is 0 Å². The van der Waals surface area contributed by atoms with Gasteiger partial charge in [-0.1, -0.05) is 31.5 Å². The minimum Gasteiger partial charge on any atom is -0.504 e. The standard InChI is InChI=1S/C21H26N2O4/c1-3-13-11-23-9-8-21(16-6-4-5-7-17(16)22-20(21)26)18(23)10-14(13)15(12-27-2)19(24)25/h4-7,12-14,18H,3,8-11H2,1-2H3,(H,22,26)(H,24,25). The maximum atomic E-state index is 13.1. The van der Waals surface area contributed by atoms with Crippen LogP contribution in [0, 0.1) is 11.8 Å². The lowest BCUT2D eigenvalue weighted by atomic mass is 9.67. The Hall–Kier alpha value is -2.34. The molecular weight excluding hydrogens is 344 g/mol. The van der Waals surface area contributed by atoms with E-state index < -0.39 is 11.4 Å². The molecule has 0 saturated carbocycles. The van der Waals surface area contributed by atoms with Crippen molar-refractivity contribution in [2.24, 2.45) is 11.8 Å². The highest BCUT2D eigenvalue weighted by atomic mass is 16.5. The highest BCUT2D eigenvalue weighted by Gasteiger charge is 2.60. The highest BCUT2D eigenvalue weighted by molar-refractivity contribution is 6.07. The number of carboxylic acids is 1. The van der Waals surface area contributed by atoms with Gasteiger partial charge >= 0.3 is 5.97 Å². The zero-order valence-corrected chi connectivity index (χ0v) is 15.8. The van der Waals surface area contributed by atoms with Crippen LogP contribution in [0.2, 0.25) is 0 Å². The zero-order valence-electron chi connectivity index (χ0n) is 15.8. The molecule has 2 N–H and O–H groups in total. The predicted molar refractivity (Wildman–Crippen MR) is 101 cm³/mol. The first-order valence-electron chi connectivity index (χ1n) is 9.64. The molecule has 0 aromatic heterocycles. The number of nitrogens with zero attached hydrogens (tertiary/aromatic N) is 1. The maximum absolute atomic E-state index is 13.1. The summed E-state index contributed by atoms with van der Waals surface area (Å²) in [5.74, 6) is -0.757. The van der Waals surface area contributed by atoms with Gasteiger partial charge in [0.25, 0.3) is 0 Å². The SMILES string of the molecule is CCC1CN2CCC3(C(=O)Nc4ccccc43)C2CC1C(=COC)C(=O)O. The third kappa shape index (κ3) is 2.57. The van der Waals surface area contributed by atoms with Crippen molar-refractivity contribution < 1.29 is 19.4 Å². The number of hydrogen-bond acceptors (Lipinski definition) is 4. The van der Waals surface area contributed by atoms with Crippen molar-refractivity contribution in [2.45, 2.75) is 37.6 Å². The molecule has 0 radical (unpaired) electrons. The average Bonchev–Trinajstić information content (AvgIpc) is 3.18. The lowest BCUT2D eigenvalue weighted by Gasteiger charge is -2.44. The second-order valence-corrected chi connectivity index (χ2v) is 7.86. The number of benzene rings is 1. The van der Waals surface area contributed by atoms with Gasteiger partial charge in [0.15, 0.2) is 0 Å².